The fourth-order valence-electron chi connectivity index (χ4n) is 4.27. The molecule has 0 N–H and O–H groups in total. The molecule has 9 heteroatoms. The minimum absolute atomic E-state index is 0.126. The Balaban J connectivity index is 1.71. The van der Waals surface area contributed by atoms with Gasteiger partial charge in [0.25, 0.3) is 5.56 Å². The zero-order valence-electron chi connectivity index (χ0n) is 19.8. The first-order valence-corrected chi connectivity index (χ1v) is 12.0. The number of aryl methyl sites for hydroxylation is 1. The zero-order valence-corrected chi connectivity index (χ0v) is 20.6. The Kier molecular flexibility index (Phi) is 5.94. The molecule has 5 rings (SSSR count). The highest BCUT2D eigenvalue weighted by Crippen LogP contribution is 2.38. The van der Waals surface area contributed by atoms with Crippen LogP contribution >= 0.6 is 11.3 Å². The van der Waals surface area contributed by atoms with Crippen molar-refractivity contribution in [2.45, 2.75) is 26.8 Å². The van der Waals surface area contributed by atoms with Crippen LogP contribution in [0.5, 0.6) is 17.2 Å². The standard InChI is InChI=1S/C26H24N2O6S/c1-5-32-25(30)22-15(3)27-26-28(23(22)17-8-9-18-20(12-17)34-13-33-18)24(29)21(35-26)11-16-7-6-14(2)19(10-16)31-4/h6-12,23H,5,13H2,1-4H3/b21-11-. The highest BCUT2D eigenvalue weighted by atomic mass is 32.1. The third-order valence-corrected chi connectivity index (χ3v) is 6.94. The zero-order chi connectivity index (χ0) is 24.7. The smallest absolute Gasteiger partial charge is 0.338 e. The summed E-state index contributed by atoms with van der Waals surface area (Å²) in [7, 11) is 1.62. The van der Waals surface area contributed by atoms with Crippen LogP contribution in [-0.2, 0) is 9.53 Å². The number of esters is 1. The Labute approximate surface area is 205 Å². The van der Waals surface area contributed by atoms with Gasteiger partial charge in [-0.25, -0.2) is 9.79 Å². The van der Waals surface area contributed by atoms with Crippen LogP contribution in [0.2, 0.25) is 0 Å². The van der Waals surface area contributed by atoms with Gasteiger partial charge in [-0.2, -0.15) is 0 Å². The minimum Gasteiger partial charge on any atom is -0.496 e. The number of carbonyl (C=O) groups excluding carboxylic acids is 1. The van der Waals surface area contributed by atoms with E-state index < -0.39 is 12.0 Å². The Morgan fingerprint density at radius 2 is 2.00 bits per heavy atom. The van der Waals surface area contributed by atoms with Gasteiger partial charge in [0.05, 0.1) is 35.6 Å². The van der Waals surface area contributed by atoms with E-state index in [1.54, 1.807) is 37.7 Å². The van der Waals surface area contributed by atoms with E-state index in [9.17, 15) is 9.59 Å². The van der Waals surface area contributed by atoms with Crippen LogP contribution in [0.3, 0.4) is 0 Å². The summed E-state index contributed by atoms with van der Waals surface area (Å²) in [5.74, 6) is 1.42. The largest absolute Gasteiger partial charge is 0.496 e. The number of carbonyl (C=O) groups is 1. The van der Waals surface area contributed by atoms with Crippen molar-refractivity contribution in [3.63, 3.8) is 0 Å². The van der Waals surface area contributed by atoms with Crippen molar-refractivity contribution in [2.24, 2.45) is 4.99 Å². The monoisotopic (exact) mass is 492 g/mol. The van der Waals surface area contributed by atoms with Crippen LogP contribution in [0.4, 0.5) is 0 Å². The Morgan fingerprint density at radius 3 is 2.77 bits per heavy atom. The molecule has 0 spiro atoms. The molecular weight excluding hydrogens is 468 g/mol. The van der Waals surface area contributed by atoms with Crippen LogP contribution in [-0.4, -0.2) is 31.0 Å². The molecule has 8 nitrogen and oxygen atoms in total. The van der Waals surface area contributed by atoms with Gasteiger partial charge in [0.15, 0.2) is 16.3 Å². The van der Waals surface area contributed by atoms with Crippen LogP contribution in [0, 0.1) is 6.92 Å². The van der Waals surface area contributed by atoms with Gasteiger partial charge in [0.2, 0.25) is 6.79 Å². The molecule has 0 saturated carbocycles. The van der Waals surface area contributed by atoms with E-state index >= 15 is 0 Å². The highest BCUT2D eigenvalue weighted by Gasteiger charge is 2.34. The lowest BCUT2D eigenvalue weighted by molar-refractivity contribution is -0.139. The first kappa shape index (κ1) is 22.9. The summed E-state index contributed by atoms with van der Waals surface area (Å²) in [4.78, 5) is 31.8. The molecule has 0 aliphatic carbocycles. The summed E-state index contributed by atoms with van der Waals surface area (Å²) in [5.41, 5.74) is 3.13. The van der Waals surface area contributed by atoms with Gasteiger partial charge in [0.1, 0.15) is 5.75 Å². The number of fused-ring (bicyclic) bond motifs is 2. The quantitative estimate of drug-likeness (QED) is 0.509. The molecule has 1 atom stereocenters. The lowest BCUT2D eigenvalue weighted by Gasteiger charge is -2.24. The third kappa shape index (κ3) is 4.01. The summed E-state index contributed by atoms with van der Waals surface area (Å²) >= 11 is 1.27. The van der Waals surface area contributed by atoms with E-state index in [2.05, 4.69) is 4.99 Å². The van der Waals surface area contributed by atoms with Crippen molar-refractivity contribution in [1.82, 2.24) is 4.57 Å². The molecule has 0 saturated heterocycles. The number of hydrogen-bond donors (Lipinski definition) is 0. The fourth-order valence-corrected chi connectivity index (χ4v) is 5.31. The van der Waals surface area contributed by atoms with Crippen LogP contribution < -0.4 is 29.1 Å². The highest BCUT2D eigenvalue weighted by molar-refractivity contribution is 7.07. The number of rotatable bonds is 5. The molecule has 0 amide bonds. The number of hydrogen-bond acceptors (Lipinski definition) is 8. The number of benzene rings is 2. The van der Waals surface area contributed by atoms with Gasteiger partial charge in [0, 0.05) is 0 Å². The van der Waals surface area contributed by atoms with E-state index in [0.717, 1.165) is 16.9 Å². The van der Waals surface area contributed by atoms with Crippen molar-refractivity contribution in [3.8, 4) is 17.2 Å². The predicted molar refractivity (Wildman–Crippen MR) is 131 cm³/mol. The number of allylic oxidation sites excluding steroid dienone is 1. The van der Waals surface area contributed by atoms with Crippen molar-refractivity contribution >= 4 is 23.4 Å². The van der Waals surface area contributed by atoms with E-state index in [1.165, 1.54) is 11.3 Å². The Hall–Kier alpha value is -3.85. The average Bonchev–Trinajstić information content (AvgIpc) is 3.43. The molecule has 1 unspecified atom stereocenters. The lowest BCUT2D eigenvalue weighted by Crippen LogP contribution is -2.39. The molecule has 2 aliphatic rings. The molecule has 180 valence electrons. The second-order valence-corrected chi connectivity index (χ2v) is 9.15. The Morgan fingerprint density at radius 1 is 1.20 bits per heavy atom. The van der Waals surface area contributed by atoms with Gasteiger partial charge in [-0.3, -0.25) is 9.36 Å². The summed E-state index contributed by atoms with van der Waals surface area (Å²) in [5, 5.41) is 0. The average molecular weight is 493 g/mol. The molecular formula is C26H24N2O6S. The third-order valence-electron chi connectivity index (χ3n) is 5.96. The van der Waals surface area contributed by atoms with Crippen molar-refractivity contribution < 1.29 is 23.7 Å². The first-order chi connectivity index (χ1) is 16.9. The van der Waals surface area contributed by atoms with Crippen LogP contribution in [0.25, 0.3) is 6.08 Å². The van der Waals surface area contributed by atoms with Crippen LogP contribution in [0.15, 0.2) is 57.5 Å². The van der Waals surface area contributed by atoms with Gasteiger partial charge < -0.3 is 18.9 Å². The molecule has 3 aromatic rings. The first-order valence-electron chi connectivity index (χ1n) is 11.1. The Bertz CT molecular complexity index is 1550. The molecule has 2 aromatic carbocycles. The lowest BCUT2D eigenvalue weighted by atomic mass is 9.95. The van der Waals surface area contributed by atoms with E-state index in [1.807, 2.05) is 37.3 Å². The van der Waals surface area contributed by atoms with Gasteiger partial charge in [-0.05, 0) is 61.7 Å². The fraction of sp³-hybridized carbons (Fsp3) is 0.269. The second-order valence-electron chi connectivity index (χ2n) is 8.14. The number of thiazole rings is 1. The molecule has 1 aromatic heterocycles. The molecule has 3 heterocycles. The second kappa shape index (κ2) is 9.07. The van der Waals surface area contributed by atoms with Crippen LogP contribution in [0.1, 0.15) is 36.6 Å². The van der Waals surface area contributed by atoms with E-state index in [4.69, 9.17) is 18.9 Å². The number of aromatic nitrogens is 1. The predicted octanol–water partition coefficient (Wildman–Crippen LogP) is 2.84. The minimum atomic E-state index is -0.713. The van der Waals surface area contributed by atoms with Gasteiger partial charge in [-0.1, -0.05) is 29.5 Å². The normalized spacial score (nSPS) is 16.7. The summed E-state index contributed by atoms with van der Waals surface area (Å²) in [6.45, 7) is 5.80. The van der Waals surface area contributed by atoms with E-state index in [-0.39, 0.29) is 19.0 Å². The molecule has 0 radical (unpaired) electrons. The SMILES string of the molecule is CCOC(=O)C1=C(C)N=c2s/c(=C\c3ccc(C)c(OC)c3)c(=O)n2C1c1ccc2c(c1)OCO2. The van der Waals surface area contributed by atoms with Crippen molar-refractivity contribution in [1.29, 1.82) is 0 Å². The molecule has 35 heavy (non-hydrogen) atoms. The van der Waals surface area contributed by atoms with Gasteiger partial charge >= 0.3 is 5.97 Å². The number of nitrogens with zero attached hydrogens (tertiary/aromatic N) is 2. The summed E-state index contributed by atoms with van der Waals surface area (Å²) < 4.78 is 23.8. The molecule has 2 aliphatic heterocycles. The maximum Gasteiger partial charge on any atom is 0.338 e. The maximum absolute atomic E-state index is 13.7. The van der Waals surface area contributed by atoms with Gasteiger partial charge in [-0.15, -0.1) is 0 Å². The topological polar surface area (TPSA) is 88.4 Å². The maximum atomic E-state index is 13.7. The number of ether oxygens (including phenoxy) is 4. The van der Waals surface area contributed by atoms with E-state index in [0.29, 0.717) is 37.7 Å². The number of methoxy groups -OCH3 is 1. The molecule has 0 bridgehead atoms. The summed E-state index contributed by atoms with van der Waals surface area (Å²) in [6, 6.07) is 10.5. The molecule has 0 fully saturated rings. The van der Waals surface area contributed by atoms with Crippen molar-refractivity contribution in [3.05, 3.63) is 84.0 Å². The van der Waals surface area contributed by atoms with Crippen molar-refractivity contribution in [2.75, 3.05) is 20.5 Å². The summed E-state index contributed by atoms with van der Waals surface area (Å²) in [6.07, 6.45) is 1.81.